The third-order valence-electron chi connectivity index (χ3n) is 5.05. The molecule has 6 nitrogen and oxygen atoms in total. The minimum atomic E-state index is -4.73. The fraction of sp³-hybridized carbons (Fsp3) is 0.125. The number of hydrogen-bond donors (Lipinski definition) is 2. The van der Waals surface area contributed by atoms with Crippen LogP contribution in [0.3, 0.4) is 0 Å². The average Bonchev–Trinajstić information content (AvgIpc) is 3.29. The van der Waals surface area contributed by atoms with Crippen molar-refractivity contribution in [2.45, 2.75) is 19.7 Å². The Labute approximate surface area is 199 Å². The van der Waals surface area contributed by atoms with E-state index < -0.39 is 6.36 Å². The number of alkyl halides is 3. The highest BCUT2D eigenvalue weighted by Gasteiger charge is 2.31. The number of nitrogens with zero attached hydrogens (tertiary/aromatic N) is 3. The first kappa shape index (κ1) is 23.2. The van der Waals surface area contributed by atoms with E-state index in [0.29, 0.717) is 11.5 Å². The van der Waals surface area contributed by atoms with Gasteiger partial charge in [-0.3, -0.25) is 0 Å². The molecule has 0 saturated heterocycles. The molecule has 0 saturated carbocycles. The van der Waals surface area contributed by atoms with Crippen LogP contribution in [0.5, 0.6) is 5.75 Å². The zero-order chi connectivity index (χ0) is 24.3. The first-order chi connectivity index (χ1) is 16.2. The summed E-state index contributed by atoms with van der Waals surface area (Å²) in [5.41, 5.74) is 11.0. The van der Waals surface area contributed by atoms with E-state index in [1.165, 1.54) is 35.3 Å². The van der Waals surface area contributed by atoms with Crippen molar-refractivity contribution in [3.05, 3.63) is 78.6 Å². The van der Waals surface area contributed by atoms with E-state index >= 15 is 0 Å². The van der Waals surface area contributed by atoms with Gasteiger partial charge in [0.2, 0.25) is 0 Å². The summed E-state index contributed by atoms with van der Waals surface area (Å²) >= 11 is 4.94. The van der Waals surface area contributed by atoms with Gasteiger partial charge in [0, 0.05) is 11.3 Å². The number of halogens is 3. The molecule has 0 amide bonds. The number of benzene rings is 3. The zero-order valence-corrected chi connectivity index (χ0v) is 18.8. The number of hydrogen-bond acceptors (Lipinski definition) is 4. The Balaban J connectivity index is 1.51. The molecular weight excluding hydrogens is 463 g/mol. The van der Waals surface area contributed by atoms with Crippen molar-refractivity contribution in [2.75, 3.05) is 5.32 Å². The van der Waals surface area contributed by atoms with Crippen molar-refractivity contribution < 1.29 is 17.9 Å². The lowest BCUT2D eigenvalue weighted by Crippen LogP contribution is -2.19. The summed E-state index contributed by atoms with van der Waals surface area (Å²) in [6.45, 7) is 2.06. The van der Waals surface area contributed by atoms with E-state index in [-0.39, 0.29) is 10.9 Å². The van der Waals surface area contributed by atoms with Crippen LogP contribution in [0.2, 0.25) is 0 Å². The van der Waals surface area contributed by atoms with Crippen molar-refractivity contribution >= 4 is 23.0 Å². The SMILES string of the molecule is CCc1cc(-c2ccc(-c3ncn(-c4ccc(OC(F)(F)F)cc4)n3)cc2)ccc1NC(N)=S. The molecule has 34 heavy (non-hydrogen) atoms. The lowest BCUT2D eigenvalue weighted by Gasteiger charge is -2.12. The lowest BCUT2D eigenvalue weighted by molar-refractivity contribution is -0.274. The van der Waals surface area contributed by atoms with Crippen molar-refractivity contribution in [1.82, 2.24) is 14.8 Å². The Hall–Kier alpha value is -3.92. The number of thiocarbonyl (C=S) groups is 1. The van der Waals surface area contributed by atoms with Crippen molar-refractivity contribution in [2.24, 2.45) is 5.73 Å². The van der Waals surface area contributed by atoms with Gasteiger partial charge in [0.1, 0.15) is 12.1 Å². The number of nitrogens with two attached hydrogens (primary N) is 1. The average molecular weight is 484 g/mol. The largest absolute Gasteiger partial charge is 0.573 e. The summed E-state index contributed by atoms with van der Waals surface area (Å²) in [4.78, 5) is 4.32. The fourth-order valence-electron chi connectivity index (χ4n) is 3.45. The van der Waals surface area contributed by atoms with Gasteiger partial charge in [-0.1, -0.05) is 37.3 Å². The van der Waals surface area contributed by atoms with Gasteiger partial charge in [0.25, 0.3) is 0 Å². The van der Waals surface area contributed by atoms with Crippen LogP contribution < -0.4 is 15.8 Å². The molecule has 3 N–H and O–H groups in total. The summed E-state index contributed by atoms with van der Waals surface area (Å²) in [5.74, 6) is 0.195. The summed E-state index contributed by atoms with van der Waals surface area (Å²) in [7, 11) is 0. The molecule has 0 aliphatic rings. The van der Waals surface area contributed by atoms with Crippen LogP contribution in [-0.4, -0.2) is 26.2 Å². The van der Waals surface area contributed by atoms with Crippen LogP contribution >= 0.6 is 12.2 Å². The van der Waals surface area contributed by atoms with Gasteiger partial charge in [-0.2, -0.15) is 0 Å². The van der Waals surface area contributed by atoms with Gasteiger partial charge in [0.15, 0.2) is 10.9 Å². The van der Waals surface area contributed by atoms with Crippen LogP contribution in [0.25, 0.3) is 28.2 Å². The van der Waals surface area contributed by atoms with Crippen molar-refractivity contribution in [3.63, 3.8) is 0 Å². The Kier molecular flexibility index (Phi) is 6.51. The molecule has 0 radical (unpaired) electrons. The van der Waals surface area contributed by atoms with Crippen LogP contribution in [-0.2, 0) is 6.42 Å². The van der Waals surface area contributed by atoms with E-state index in [9.17, 15) is 13.2 Å². The van der Waals surface area contributed by atoms with E-state index in [2.05, 4.69) is 33.1 Å². The zero-order valence-electron chi connectivity index (χ0n) is 18.0. The summed E-state index contributed by atoms with van der Waals surface area (Å²) in [6.07, 6.45) is -2.41. The van der Waals surface area contributed by atoms with Crippen molar-refractivity contribution in [3.8, 4) is 34.0 Å². The highest BCUT2D eigenvalue weighted by molar-refractivity contribution is 7.80. The normalized spacial score (nSPS) is 11.3. The molecule has 0 aliphatic heterocycles. The predicted octanol–water partition coefficient (Wildman–Crippen LogP) is 5.72. The van der Waals surface area contributed by atoms with Crippen molar-refractivity contribution in [1.29, 1.82) is 0 Å². The second-order valence-corrected chi connectivity index (χ2v) is 7.79. The highest BCUT2D eigenvalue weighted by atomic mass is 32.1. The predicted molar refractivity (Wildman–Crippen MR) is 129 cm³/mol. The van der Waals surface area contributed by atoms with Gasteiger partial charge in [-0.05, 0) is 71.7 Å². The number of rotatable bonds is 6. The Morgan fingerprint density at radius 1 is 1.00 bits per heavy atom. The first-order valence-corrected chi connectivity index (χ1v) is 10.7. The number of ether oxygens (including phenoxy) is 1. The Morgan fingerprint density at radius 2 is 1.65 bits per heavy atom. The highest BCUT2D eigenvalue weighted by Crippen LogP contribution is 2.28. The Bertz CT molecular complexity index is 1300. The minimum absolute atomic E-state index is 0.226. The standard InChI is InChI=1S/C24H20F3N5OS/c1-2-15-13-18(7-12-21(15)30-23(28)34)16-3-5-17(6-4-16)22-29-14-32(31-22)19-8-10-20(11-9-19)33-24(25,26)27/h3-14H,2H2,1H3,(H3,28,30,34). The number of nitrogens with one attached hydrogen (secondary N) is 1. The Morgan fingerprint density at radius 3 is 2.26 bits per heavy atom. The number of anilines is 1. The van der Waals surface area contributed by atoms with Gasteiger partial charge in [-0.25, -0.2) is 9.67 Å². The summed E-state index contributed by atoms with van der Waals surface area (Å²) < 4.78 is 42.4. The van der Waals surface area contributed by atoms with E-state index in [4.69, 9.17) is 18.0 Å². The minimum Gasteiger partial charge on any atom is -0.406 e. The first-order valence-electron chi connectivity index (χ1n) is 10.3. The molecule has 0 bridgehead atoms. The molecule has 0 atom stereocenters. The smallest absolute Gasteiger partial charge is 0.406 e. The van der Waals surface area contributed by atoms with Gasteiger partial charge < -0.3 is 15.8 Å². The molecule has 3 aromatic carbocycles. The van der Waals surface area contributed by atoms with Crippen LogP contribution in [0.15, 0.2) is 73.1 Å². The molecule has 1 heterocycles. The molecular formula is C24H20F3N5OS. The molecule has 0 spiro atoms. The molecule has 4 aromatic rings. The van der Waals surface area contributed by atoms with Gasteiger partial charge in [0.05, 0.1) is 5.69 Å². The number of aryl methyl sites for hydroxylation is 1. The molecule has 0 fully saturated rings. The lowest BCUT2D eigenvalue weighted by atomic mass is 9.99. The second-order valence-electron chi connectivity index (χ2n) is 7.35. The summed E-state index contributed by atoms with van der Waals surface area (Å²) in [5, 5.41) is 7.66. The quantitative estimate of drug-likeness (QED) is 0.342. The topological polar surface area (TPSA) is 78.0 Å². The number of aromatic nitrogens is 3. The second kappa shape index (κ2) is 9.52. The van der Waals surface area contributed by atoms with Gasteiger partial charge in [-0.15, -0.1) is 18.3 Å². The molecule has 0 unspecified atom stereocenters. The maximum atomic E-state index is 12.3. The van der Waals surface area contributed by atoms with E-state index in [1.54, 1.807) is 0 Å². The fourth-order valence-corrected chi connectivity index (χ4v) is 3.56. The molecule has 10 heteroatoms. The third-order valence-corrected chi connectivity index (χ3v) is 5.15. The van der Waals surface area contributed by atoms with Crippen LogP contribution in [0, 0.1) is 0 Å². The maximum absolute atomic E-state index is 12.3. The van der Waals surface area contributed by atoms with Crippen LogP contribution in [0.4, 0.5) is 18.9 Å². The monoisotopic (exact) mass is 483 g/mol. The van der Waals surface area contributed by atoms with E-state index in [1.807, 2.05) is 36.4 Å². The van der Waals surface area contributed by atoms with Crippen LogP contribution in [0.1, 0.15) is 12.5 Å². The maximum Gasteiger partial charge on any atom is 0.573 e. The third kappa shape index (κ3) is 5.52. The molecule has 1 aromatic heterocycles. The van der Waals surface area contributed by atoms with E-state index in [0.717, 1.165) is 34.4 Å². The van der Waals surface area contributed by atoms with Gasteiger partial charge >= 0.3 is 6.36 Å². The molecule has 174 valence electrons. The molecule has 0 aliphatic carbocycles. The summed E-state index contributed by atoms with van der Waals surface area (Å²) in [6, 6.07) is 19.2. The molecule has 4 rings (SSSR count).